The molecule has 0 fully saturated rings. The highest BCUT2D eigenvalue weighted by Crippen LogP contribution is 2.26. The first kappa shape index (κ1) is 12.9. The van der Waals surface area contributed by atoms with Crippen LogP contribution in [0.25, 0.3) is 22.4 Å². The van der Waals surface area contributed by atoms with E-state index in [-0.39, 0.29) is 0 Å². The predicted molar refractivity (Wildman–Crippen MR) is 85.1 cm³/mol. The van der Waals surface area contributed by atoms with Crippen LogP contribution in [-0.4, -0.2) is 9.55 Å². The van der Waals surface area contributed by atoms with E-state index >= 15 is 0 Å². The van der Waals surface area contributed by atoms with Crippen molar-refractivity contribution >= 4 is 22.6 Å². The van der Waals surface area contributed by atoms with E-state index in [1.54, 1.807) is 0 Å². The number of imidazole rings is 1. The average Bonchev–Trinajstić information content (AvgIpc) is 2.78. The summed E-state index contributed by atoms with van der Waals surface area (Å²) in [7, 11) is 0. The molecular weight excluding hydrogens is 268 g/mol. The number of rotatable bonds is 3. The highest BCUT2D eigenvalue weighted by atomic mass is 35.5. The number of hydrogen-bond acceptors (Lipinski definition) is 1. The number of nitrogens with zero attached hydrogens (tertiary/aromatic N) is 2. The molecule has 2 nitrogen and oxygen atoms in total. The van der Waals surface area contributed by atoms with Crippen molar-refractivity contribution < 1.29 is 0 Å². The Morgan fingerprint density at radius 1 is 1.20 bits per heavy atom. The molecule has 0 saturated carbocycles. The van der Waals surface area contributed by atoms with E-state index in [9.17, 15) is 0 Å². The van der Waals surface area contributed by atoms with Crippen molar-refractivity contribution in [1.82, 2.24) is 9.55 Å². The van der Waals surface area contributed by atoms with Crippen LogP contribution in [-0.2, 0) is 6.54 Å². The average molecular weight is 283 g/mol. The van der Waals surface area contributed by atoms with Crippen LogP contribution in [0.3, 0.4) is 0 Å². The van der Waals surface area contributed by atoms with E-state index < -0.39 is 0 Å². The summed E-state index contributed by atoms with van der Waals surface area (Å²) in [6, 6.07) is 14.1. The van der Waals surface area contributed by atoms with Gasteiger partial charge in [-0.2, -0.15) is 0 Å². The largest absolute Gasteiger partial charge is 0.320 e. The Kier molecular flexibility index (Phi) is 3.33. The molecule has 3 aromatic rings. The van der Waals surface area contributed by atoms with Crippen LogP contribution in [0.5, 0.6) is 0 Å². The van der Waals surface area contributed by atoms with Crippen LogP contribution >= 0.6 is 11.6 Å². The Morgan fingerprint density at radius 3 is 2.65 bits per heavy atom. The molecule has 3 heteroatoms. The third kappa shape index (κ3) is 2.23. The first-order valence-corrected chi connectivity index (χ1v) is 6.90. The quantitative estimate of drug-likeness (QED) is 0.628. The number of hydrogen-bond donors (Lipinski definition) is 0. The number of halogens is 1. The molecule has 1 aromatic heterocycles. The van der Waals surface area contributed by atoms with Crippen LogP contribution < -0.4 is 0 Å². The molecule has 1 heterocycles. The van der Waals surface area contributed by atoms with Gasteiger partial charge in [0, 0.05) is 17.1 Å². The van der Waals surface area contributed by atoms with Gasteiger partial charge in [0.1, 0.15) is 5.82 Å². The minimum Gasteiger partial charge on any atom is -0.320 e. The van der Waals surface area contributed by atoms with Crippen molar-refractivity contribution in [3.05, 3.63) is 65.7 Å². The SMILES string of the molecule is C=CCn1c(-c2ccc(Cl)cc2)nc2cc(C)ccc21. The maximum Gasteiger partial charge on any atom is 0.141 e. The zero-order valence-corrected chi connectivity index (χ0v) is 12.1. The molecule has 0 N–H and O–H groups in total. The van der Waals surface area contributed by atoms with Crippen molar-refractivity contribution in [2.45, 2.75) is 13.5 Å². The normalized spacial score (nSPS) is 10.9. The Morgan fingerprint density at radius 2 is 1.95 bits per heavy atom. The van der Waals surface area contributed by atoms with E-state index in [4.69, 9.17) is 16.6 Å². The van der Waals surface area contributed by atoms with Crippen molar-refractivity contribution in [1.29, 1.82) is 0 Å². The van der Waals surface area contributed by atoms with Crippen molar-refractivity contribution in [2.75, 3.05) is 0 Å². The van der Waals surface area contributed by atoms with Gasteiger partial charge in [-0.05, 0) is 48.9 Å². The fourth-order valence-corrected chi connectivity index (χ4v) is 2.50. The fraction of sp³-hybridized carbons (Fsp3) is 0.118. The summed E-state index contributed by atoms with van der Waals surface area (Å²) < 4.78 is 2.17. The molecule has 0 spiro atoms. The van der Waals surface area contributed by atoms with E-state index in [1.165, 1.54) is 5.56 Å². The molecule has 0 atom stereocenters. The van der Waals surface area contributed by atoms with Gasteiger partial charge in [0.05, 0.1) is 11.0 Å². The lowest BCUT2D eigenvalue weighted by molar-refractivity contribution is 0.862. The summed E-state index contributed by atoms with van der Waals surface area (Å²) in [6.45, 7) is 6.65. The first-order chi connectivity index (χ1) is 9.69. The minimum atomic E-state index is 0.732. The van der Waals surface area contributed by atoms with Crippen LogP contribution in [0.15, 0.2) is 55.1 Å². The number of aryl methyl sites for hydroxylation is 1. The summed E-state index contributed by atoms with van der Waals surface area (Å²) in [5.41, 5.74) is 4.41. The standard InChI is InChI=1S/C17H15ClN2/c1-3-10-20-16-9-4-12(2)11-15(16)19-17(20)13-5-7-14(18)8-6-13/h3-9,11H,1,10H2,2H3. The Bertz CT molecular complexity index is 770. The van der Waals surface area contributed by atoms with Crippen LogP contribution in [0.1, 0.15) is 5.56 Å². The molecular formula is C17H15ClN2. The second kappa shape index (κ2) is 5.14. The molecule has 0 aliphatic rings. The molecule has 0 aliphatic carbocycles. The molecule has 0 aliphatic heterocycles. The van der Waals surface area contributed by atoms with Gasteiger partial charge in [-0.25, -0.2) is 4.98 Å². The molecule has 20 heavy (non-hydrogen) atoms. The zero-order valence-electron chi connectivity index (χ0n) is 11.3. The third-order valence-electron chi connectivity index (χ3n) is 3.32. The van der Waals surface area contributed by atoms with E-state index in [0.717, 1.165) is 34.0 Å². The molecule has 2 aromatic carbocycles. The van der Waals surface area contributed by atoms with Crippen molar-refractivity contribution in [3.8, 4) is 11.4 Å². The summed E-state index contributed by atoms with van der Waals surface area (Å²) in [5.74, 6) is 0.946. The lowest BCUT2D eigenvalue weighted by atomic mass is 10.2. The van der Waals surface area contributed by atoms with Crippen molar-refractivity contribution in [3.63, 3.8) is 0 Å². The second-order valence-corrected chi connectivity index (χ2v) is 5.27. The van der Waals surface area contributed by atoms with E-state index in [2.05, 4.69) is 36.3 Å². The molecule has 100 valence electrons. The molecule has 0 amide bonds. The number of allylic oxidation sites excluding steroid dienone is 1. The highest BCUT2D eigenvalue weighted by molar-refractivity contribution is 6.30. The number of benzene rings is 2. The summed E-state index contributed by atoms with van der Waals surface area (Å²) in [6.07, 6.45) is 1.89. The molecule has 0 radical (unpaired) electrons. The maximum absolute atomic E-state index is 5.96. The molecule has 3 rings (SSSR count). The van der Waals surface area contributed by atoms with Gasteiger partial charge < -0.3 is 4.57 Å². The summed E-state index contributed by atoms with van der Waals surface area (Å²) in [5, 5.41) is 0.732. The third-order valence-corrected chi connectivity index (χ3v) is 3.57. The minimum absolute atomic E-state index is 0.732. The first-order valence-electron chi connectivity index (χ1n) is 6.53. The summed E-state index contributed by atoms with van der Waals surface area (Å²) in [4.78, 5) is 4.76. The highest BCUT2D eigenvalue weighted by Gasteiger charge is 2.11. The van der Waals surface area contributed by atoms with Crippen LogP contribution in [0.4, 0.5) is 0 Å². The predicted octanol–water partition coefficient (Wildman–Crippen LogP) is 4.85. The summed E-state index contributed by atoms with van der Waals surface area (Å²) >= 11 is 5.96. The van der Waals surface area contributed by atoms with Gasteiger partial charge in [-0.15, -0.1) is 6.58 Å². The smallest absolute Gasteiger partial charge is 0.141 e. The zero-order chi connectivity index (χ0) is 14.1. The van der Waals surface area contributed by atoms with Gasteiger partial charge in [0.15, 0.2) is 0 Å². The monoisotopic (exact) mass is 282 g/mol. The lowest BCUT2D eigenvalue weighted by Gasteiger charge is -2.06. The van der Waals surface area contributed by atoms with Crippen LogP contribution in [0.2, 0.25) is 5.02 Å². The van der Waals surface area contributed by atoms with Gasteiger partial charge >= 0.3 is 0 Å². The van der Waals surface area contributed by atoms with Gasteiger partial charge in [0.25, 0.3) is 0 Å². The Labute approximate surface area is 123 Å². The maximum atomic E-state index is 5.96. The molecule has 0 saturated heterocycles. The van der Waals surface area contributed by atoms with E-state index in [1.807, 2.05) is 30.3 Å². The van der Waals surface area contributed by atoms with E-state index in [0.29, 0.717) is 0 Å². The molecule has 0 unspecified atom stereocenters. The molecule has 0 bridgehead atoms. The fourth-order valence-electron chi connectivity index (χ4n) is 2.37. The van der Waals surface area contributed by atoms with Crippen LogP contribution in [0, 0.1) is 6.92 Å². The Balaban J connectivity index is 2.25. The second-order valence-electron chi connectivity index (χ2n) is 4.83. The topological polar surface area (TPSA) is 17.8 Å². The lowest BCUT2D eigenvalue weighted by Crippen LogP contribution is -1.98. The van der Waals surface area contributed by atoms with Gasteiger partial charge in [0.2, 0.25) is 0 Å². The van der Waals surface area contributed by atoms with Crippen molar-refractivity contribution in [2.24, 2.45) is 0 Å². The number of fused-ring (bicyclic) bond motifs is 1. The van der Waals surface area contributed by atoms with Gasteiger partial charge in [-0.1, -0.05) is 23.7 Å². The Hall–Kier alpha value is -2.06. The van der Waals surface area contributed by atoms with Gasteiger partial charge in [-0.3, -0.25) is 0 Å². The number of aromatic nitrogens is 2.